The van der Waals surface area contributed by atoms with Crippen molar-refractivity contribution in [3.05, 3.63) is 18.2 Å². The maximum atomic E-state index is 14.7. The number of hydrogen-bond donors (Lipinski definition) is 12. The van der Waals surface area contributed by atoms with E-state index in [0.29, 0.717) is 18.5 Å². The molecule has 27 heteroatoms. The summed E-state index contributed by atoms with van der Waals surface area (Å²) < 4.78 is 0. The van der Waals surface area contributed by atoms with Crippen LogP contribution in [-0.2, 0) is 64.0 Å². The molecule has 1 aromatic rings. The molecule has 0 spiro atoms. The molecule has 3 rings (SSSR count). The quantitative estimate of drug-likeness (QED) is 0.0398. The van der Waals surface area contributed by atoms with Crippen molar-refractivity contribution >= 4 is 70.9 Å². The van der Waals surface area contributed by atoms with Crippen molar-refractivity contribution in [2.45, 2.75) is 213 Å². The average Bonchev–Trinajstić information content (AvgIpc) is 4.19. The van der Waals surface area contributed by atoms with Gasteiger partial charge < -0.3 is 74.3 Å². The molecule has 0 radical (unpaired) electrons. The Hall–Kier alpha value is -7.19. The zero-order valence-electron chi connectivity index (χ0n) is 49.3. The van der Waals surface area contributed by atoms with E-state index in [1.807, 2.05) is 55.4 Å². The average molecular weight is 1160 g/mol. The molecule has 2 fully saturated rings. The molecule has 2 aliphatic heterocycles. The Morgan fingerprint density at radius 1 is 0.537 bits per heavy atom. The Balaban J connectivity index is 1.84. The van der Waals surface area contributed by atoms with Crippen LogP contribution in [0.5, 0.6) is 0 Å². The second kappa shape index (κ2) is 33.0. The summed E-state index contributed by atoms with van der Waals surface area (Å²) >= 11 is 0. The second-order valence-corrected chi connectivity index (χ2v) is 23.9. The topological polar surface area (TPSA) is 422 Å². The van der Waals surface area contributed by atoms with Gasteiger partial charge in [-0.1, -0.05) is 69.2 Å². The van der Waals surface area contributed by atoms with Crippen LogP contribution in [0.15, 0.2) is 12.5 Å². The number of carbonyl (C=O) groups excluding carboxylic acids is 11. The number of imidazole rings is 1. The van der Waals surface area contributed by atoms with Gasteiger partial charge in [-0.05, 0) is 93.8 Å². The largest absolute Gasteiger partial charge is 0.480 e. The van der Waals surface area contributed by atoms with Crippen LogP contribution >= 0.6 is 0 Å². The van der Waals surface area contributed by atoms with Crippen molar-refractivity contribution in [2.24, 2.45) is 46.8 Å². The smallest absolute Gasteiger partial charge is 0.326 e. The Morgan fingerprint density at radius 2 is 0.902 bits per heavy atom. The van der Waals surface area contributed by atoms with Crippen LogP contribution < -0.4 is 54.4 Å². The highest BCUT2D eigenvalue weighted by molar-refractivity contribution is 5.99. The van der Waals surface area contributed by atoms with E-state index < -0.39 is 138 Å². The first-order valence-electron chi connectivity index (χ1n) is 28.6. The molecule has 2 saturated heterocycles. The standard InChI is InChI=1S/C55H92N14O13/c1-28(2)19-36(62-46(72)34(56)25-45(58)71)48(74)64-39(24-33-26-59-27-60-33)50(76)66-40(22-31(7)8)53(79)69-18-12-14-43(69)52(78)67-41(23-32(9)10)54(80)68-17-11-13-42(68)51(77)65-38(21-30(5)6)49(75)63-37(20-29(3)4)47(73)61-35(55(81)82)15-16-44(57)70/h26-32,34-43H,11-25,56H2,1-10H3,(H2,57,70)(H2,58,71)(H,59,60)(H,61,73)(H,62,72)(H,63,75)(H,64,74)(H,65,77)(H,66,76)(H,67,78)(H,81,82)/t34-,35-,36-,37-,38-,39-,40-,41-,42-,43-/m0/s1. The predicted molar refractivity (Wildman–Crippen MR) is 300 cm³/mol. The summed E-state index contributed by atoms with van der Waals surface area (Å²) in [7, 11) is 0. The molecule has 1 aromatic heterocycles. The van der Waals surface area contributed by atoms with Crippen molar-refractivity contribution in [3.63, 3.8) is 0 Å². The SMILES string of the molecule is CC(C)C[C@H](NC(=O)[C@H](CC(C)C)NC(=O)[C@@H]1CCCN1C(=O)[C@H](CC(C)C)NC(=O)[C@@H]1CCCN1C(=O)[C@H](CC(C)C)NC(=O)[C@H](Cc1cnc[nH]1)NC(=O)[C@H](CC(C)C)NC(=O)[C@@H](N)CC(N)=O)C(=O)N[C@@H](CCC(N)=O)C(=O)O. The van der Waals surface area contributed by atoms with Crippen molar-refractivity contribution in [2.75, 3.05) is 13.1 Å². The van der Waals surface area contributed by atoms with Gasteiger partial charge >= 0.3 is 5.97 Å². The van der Waals surface area contributed by atoms with Gasteiger partial charge in [-0.15, -0.1) is 0 Å². The summed E-state index contributed by atoms with van der Waals surface area (Å²) in [5, 5.41) is 28.6. The number of nitrogens with zero attached hydrogens (tertiary/aromatic N) is 3. The fraction of sp³-hybridized carbons (Fsp3) is 0.727. The second-order valence-electron chi connectivity index (χ2n) is 23.9. The number of H-pyrrole nitrogens is 1. The molecule has 11 amide bonds. The molecule has 10 atom stereocenters. The number of carboxylic acid groups (broad SMARTS) is 1. The fourth-order valence-electron chi connectivity index (χ4n) is 10.1. The molecule has 0 saturated carbocycles. The molecule has 460 valence electrons. The molecular formula is C55H92N14O13. The Kier molecular flexibility index (Phi) is 27.8. The molecule has 0 aliphatic carbocycles. The van der Waals surface area contributed by atoms with Crippen molar-refractivity contribution < 1.29 is 62.6 Å². The van der Waals surface area contributed by atoms with Gasteiger partial charge in [0.1, 0.15) is 54.4 Å². The summed E-state index contributed by atoms with van der Waals surface area (Å²) in [6, 6.07) is -12.1. The summed E-state index contributed by atoms with van der Waals surface area (Å²) in [5.41, 5.74) is 16.8. The zero-order chi connectivity index (χ0) is 61.7. The highest BCUT2D eigenvalue weighted by Gasteiger charge is 2.43. The maximum Gasteiger partial charge on any atom is 0.326 e. The minimum Gasteiger partial charge on any atom is -0.480 e. The molecule has 0 unspecified atom stereocenters. The van der Waals surface area contributed by atoms with E-state index >= 15 is 0 Å². The van der Waals surface area contributed by atoms with Gasteiger partial charge in [0.15, 0.2) is 0 Å². The first kappa shape index (κ1) is 69.1. The minimum absolute atomic E-state index is 0.101. The van der Waals surface area contributed by atoms with Crippen LogP contribution in [0.2, 0.25) is 0 Å². The number of nitrogens with one attached hydrogen (secondary N) is 8. The van der Waals surface area contributed by atoms with E-state index in [0.717, 1.165) is 0 Å². The van der Waals surface area contributed by atoms with Gasteiger partial charge in [0.2, 0.25) is 65.0 Å². The molecule has 2 aliphatic rings. The van der Waals surface area contributed by atoms with Gasteiger partial charge in [0.05, 0.1) is 18.8 Å². The van der Waals surface area contributed by atoms with E-state index in [4.69, 9.17) is 17.2 Å². The van der Waals surface area contributed by atoms with Crippen molar-refractivity contribution in [1.29, 1.82) is 0 Å². The molecule has 0 aromatic carbocycles. The van der Waals surface area contributed by atoms with E-state index in [1.165, 1.54) is 22.3 Å². The number of likely N-dealkylation sites (tertiary alicyclic amines) is 2. The van der Waals surface area contributed by atoms with E-state index in [2.05, 4.69) is 47.2 Å². The van der Waals surface area contributed by atoms with Crippen LogP contribution in [-0.4, -0.2) is 169 Å². The van der Waals surface area contributed by atoms with Gasteiger partial charge in [-0.25, -0.2) is 9.78 Å². The lowest BCUT2D eigenvalue weighted by molar-refractivity contribution is -0.145. The molecule has 3 heterocycles. The van der Waals surface area contributed by atoms with Crippen LogP contribution in [0, 0.1) is 29.6 Å². The lowest BCUT2D eigenvalue weighted by atomic mass is 9.99. The zero-order valence-corrected chi connectivity index (χ0v) is 49.3. The number of nitrogens with two attached hydrogens (primary N) is 3. The number of aromatic amines is 1. The maximum absolute atomic E-state index is 14.7. The first-order valence-corrected chi connectivity index (χ1v) is 28.6. The highest BCUT2D eigenvalue weighted by atomic mass is 16.4. The number of hydrogen-bond acceptors (Lipinski definition) is 14. The number of carboxylic acids is 1. The lowest BCUT2D eigenvalue weighted by Gasteiger charge is -2.33. The van der Waals surface area contributed by atoms with Gasteiger partial charge in [0.25, 0.3) is 0 Å². The van der Waals surface area contributed by atoms with E-state index in [1.54, 1.807) is 13.8 Å². The third-order valence-corrected chi connectivity index (χ3v) is 14.0. The van der Waals surface area contributed by atoms with E-state index in [-0.39, 0.29) is 107 Å². The number of aliphatic carboxylic acids is 1. The Morgan fingerprint density at radius 3 is 1.30 bits per heavy atom. The normalized spacial score (nSPS) is 18.2. The lowest BCUT2D eigenvalue weighted by Crippen LogP contribution is -2.60. The monoisotopic (exact) mass is 1160 g/mol. The van der Waals surface area contributed by atoms with Crippen molar-refractivity contribution in [1.82, 2.24) is 57.0 Å². The van der Waals surface area contributed by atoms with Gasteiger partial charge in [0, 0.05) is 37.8 Å². The van der Waals surface area contributed by atoms with Crippen molar-refractivity contribution in [3.8, 4) is 0 Å². The number of amides is 11. The number of primary amides is 2. The highest BCUT2D eigenvalue weighted by Crippen LogP contribution is 2.25. The van der Waals surface area contributed by atoms with Crippen LogP contribution in [0.25, 0.3) is 0 Å². The van der Waals surface area contributed by atoms with E-state index in [9.17, 15) is 62.6 Å². The Bertz CT molecular complexity index is 2380. The summed E-state index contributed by atoms with van der Waals surface area (Å²) in [4.78, 5) is 171. The van der Waals surface area contributed by atoms with Crippen LogP contribution in [0.3, 0.4) is 0 Å². The third kappa shape index (κ3) is 22.6. The van der Waals surface area contributed by atoms with Gasteiger partial charge in [-0.3, -0.25) is 52.7 Å². The molecule has 27 nitrogen and oxygen atoms in total. The Labute approximate surface area is 480 Å². The third-order valence-electron chi connectivity index (χ3n) is 14.0. The molecule has 15 N–H and O–H groups in total. The fourth-order valence-corrected chi connectivity index (χ4v) is 10.1. The number of aromatic nitrogens is 2. The molecule has 0 bridgehead atoms. The van der Waals surface area contributed by atoms with Crippen LogP contribution in [0.4, 0.5) is 0 Å². The summed E-state index contributed by atoms with van der Waals surface area (Å²) in [5.74, 6) is -9.79. The first-order chi connectivity index (χ1) is 38.4. The summed E-state index contributed by atoms with van der Waals surface area (Å²) in [6.07, 6.45) is 3.71. The van der Waals surface area contributed by atoms with Gasteiger partial charge in [-0.2, -0.15) is 0 Å². The number of rotatable bonds is 34. The minimum atomic E-state index is -1.46. The molecule has 82 heavy (non-hydrogen) atoms. The number of carbonyl (C=O) groups is 12. The molecular weight excluding hydrogens is 1060 g/mol. The summed E-state index contributed by atoms with van der Waals surface area (Å²) in [6.45, 7) is 18.6. The van der Waals surface area contributed by atoms with Crippen LogP contribution in [0.1, 0.15) is 152 Å². The predicted octanol–water partition coefficient (Wildman–Crippen LogP) is -0.889.